The first-order chi connectivity index (χ1) is 9.84. The second-order valence-corrected chi connectivity index (χ2v) is 5.11. The van der Waals surface area contributed by atoms with Crippen LogP contribution in [0.25, 0.3) is 0 Å². The number of rotatable bonds is 0. The number of carbonyl (C=O) groups is 2. The molecule has 0 unspecified atom stereocenters. The molecule has 0 saturated carbocycles. The van der Waals surface area contributed by atoms with Crippen LogP contribution in [0.1, 0.15) is 37.9 Å². The van der Waals surface area contributed by atoms with Crippen LogP contribution in [0.2, 0.25) is 0 Å². The largest absolute Gasteiger partial charge is 0.507 e. The predicted octanol–water partition coefficient (Wildman–Crippen LogP) is -0.656. The van der Waals surface area contributed by atoms with Crippen molar-refractivity contribution in [1.82, 2.24) is 0 Å². The number of benzene rings is 1. The number of aliphatic hydroxyl groups excluding tert-OH is 3. The first-order valence-corrected chi connectivity index (χ1v) is 6.26. The minimum absolute atomic E-state index is 0.0481. The average Bonchev–Trinajstić information content (AvgIpc) is 2.44. The average molecular weight is 292 g/mol. The van der Waals surface area contributed by atoms with Gasteiger partial charge in [0.05, 0.1) is 17.2 Å². The van der Waals surface area contributed by atoms with Gasteiger partial charge >= 0.3 is 0 Å². The third kappa shape index (κ3) is 1.72. The fourth-order valence-electron chi connectivity index (χ4n) is 2.83. The number of ketones is 2. The van der Waals surface area contributed by atoms with Gasteiger partial charge < -0.3 is 25.5 Å². The smallest absolute Gasteiger partial charge is 0.190 e. The summed E-state index contributed by atoms with van der Waals surface area (Å²) >= 11 is 0. The van der Waals surface area contributed by atoms with Gasteiger partial charge in [0.2, 0.25) is 0 Å². The standard InChI is InChI=1S/C14H12O7/c15-5-1-2-6(16)10-9(5)11(18)4-3-7(17)12(19)14(21)8(4)13(10)20/h1-2,7,12,14,17-21H,3H2/t7-,12-,14+/m1/s1. The van der Waals surface area contributed by atoms with Crippen molar-refractivity contribution in [2.45, 2.75) is 24.7 Å². The van der Waals surface area contributed by atoms with E-state index in [1.54, 1.807) is 0 Å². The van der Waals surface area contributed by atoms with Gasteiger partial charge in [-0.3, -0.25) is 9.59 Å². The van der Waals surface area contributed by atoms with E-state index in [0.717, 1.165) is 12.2 Å². The van der Waals surface area contributed by atoms with Crippen LogP contribution in [-0.2, 0) is 6.42 Å². The van der Waals surface area contributed by atoms with Gasteiger partial charge in [0, 0.05) is 17.5 Å². The van der Waals surface area contributed by atoms with Gasteiger partial charge in [0.15, 0.2) is 11.6 Å². The van der Waals surface area contributed by atoms with Gasteiger partial charge in [-0.1, -0.05) is 0 Å². The minimum Gasteiger partial charge on any atom is -0.507 e. The van der Waals surface area contributed by atoms with E-state index >= 15 is 0 Å². The second-order valence-electron chi connectivity index (χ2n) is 5.11. The zero-order valence-corrected chi connectivity index (χ0v) is 10.6. The van der Waals surface area contributed by atoms with E-state index in [1.165, 1.54) is 0 Å². The Morgan fingerprint density at radius 1 is 0.905 bits per heavy atom. The molecule has 3 rings (SSSR count). The molecule has 0 radical (unpaired) electrons. The summed E-state index contributed by atoms with van der Waals surface area (Å²) in [6.07, 6.45) is -2.93. The quantitative estimate of drug-likeness (QED) is 0.401. The predicted molar refractivity (Wildman–Crippen MR) is 68.3 cm³/mol. The van der Waals surface area contributed by atoms with Gasteiger partial charge in [-0.25, -0.2) is 0 Å². The Morgan fingerprint density at radius 2 is 1.43 bits per heavy atom. The molecule has 1 aromatic carbocycles. The lowest BCUT2D eigenvalue weighted by Crippen LogP contribution is -2.39. The highest BCUT2D eigenvalue weighted by molar-refractivity contribution is 6.24. The number of hydrogen-bond donors (Lipinski definition) is 5. The number of aliphatic hydroxyl groups is 3. The van der Waals surface area contributed by atoms with Crippen LogP contribution in [-0.4, -0.2) is 49.3 Å². The van der Waals surface area contributed by atoms with Crippen LogP contribution in [0.15, 0.2) is 12.2 Å². The number of carbonyl (C=O) groups excluding carboxylic acids is 2. The summed E-state index contributed by atoms with van der Waals surface area (Å²) in [5.74, 6) is -2.56. The molecule has 0 aromatic heterocycles. The Balaban J connectivity index is 2.37. The summed E-state index contributed by atoms with van der Waals surface area (Å²) in [7, 11) is 0. The number of fused-ring (bicyclic) bond motifs is 2. The number of phenolic OH excluding ortho intramolecular Hbond substituents is 2. The molecule has 2 aliphatic rings. The lowest BCUT2D eigenvalue weighted by molar-refractivity contribution is -0.0697. The third-order valence-electron chi connectivity index (χ3n) is 3.90. The Kier molecular flexibility index (Phi) is 2.87. The van der Waals surface area contributed by atoms with E-state index in [-0.39, 0.29) is 23.1 Å². The molecule has 2 aliphatic carbocycles. The maximum absolute atomic E-state index is 11.8. The summed E-state index contributed by atoms with van der Waals surface area (Å²) in [6, 6.07) is 0. The Bertz CT molecular complexity index is 704. The normalized spacial score (nSPS) is 27.5. The first kappa shape index (κ1) is 13.7. The zero-order chi connectivity index (χ0) is 15.5. The van der Waals surface area contributed by atoms with Crippen molar-refractivity contribution in [3.63, 3.8) is 0 Å². The Labute approximate surface area is 118 Å². The monoisotopic (exact) mass is 292 g/mol. The molecule has 0 amide bonds. The molecule has 0 aliphatic heterocycles. The molecule has 7 nitrogen and oxygen atoms in total. The van der Waals surface area contributed by atoms with E-state index in [4.69, 9.17) is 0 Å². The molecule has 5 N–H and O–H groups in total. The molecule has 0 heterocycles. The van der Waals surface area contributed by atoms with Gasteiger partial charge in [-0.2, -0.15) is 0 Å². The van der Waals surface area contributed by atoms with Gasteiger partial charge in [0.25, 0.3) is 0 Å². The van der Waals surface area contributed by atoms with Gasteiger partial charge in [-0.05, 0) is 12.2 Å². The SMILES string of the molecule is O=C1C=CC(=O)c2c(O)c3c(c(O)c21)C[C@@H](O)[C@@H](O)[C@H]3O. The fraction of sp³-hybridized carbons (Fsp3) is 0.286. The Morgan fingerprint density at radius 3 is 2.00 bits per heavy atom. The van der Waals surface area contributed by atoms with Crippen molar-refractivity contribution >= 4 is 11.6 Å². The molecule has 3 atom stereocenters. The maximum Gasteiger partial charge on any atom is 0.190 e. The van der Waals surface area contributed by atoms with Gasteiger partial charge in [-0.15, -0.1) is 0 Å². The van der Waals surface area contributed by atoms with Crippen molar-refractivity contribution in [2.24, 2.45) is 0 Å². The highest BCUT2D eigenvalue weighted by Crippen LogP contribution is 2.46. The van der Waals surface area contributed by atoms with Crippen LogP contribution < -0.4 is 0 Å². The molecular formula is C14H12O7. The molecule has 21 heavy (non-hydrogen) atoms. The van der Waals surface area contributed by atoms with E-state index in [1.807, 2.05) is 0 Å². The van der Waals surface area contributed by atoms with Crippen molar-refractivity contribution in [3.05, 3.63) is 34.4 Å². The van der Waals surface area contributed by atoms with Crippen LogP contribution in [0.5, 0.6) is 11.5 Å². The summed E-state index contributed by atoms with van der Waals surface area (Å²) < 4.78 is 0. The molecule has 0 saturated heterocycles. The molecule has 7 heteroatoms. The Hall–Kier alpha value is -2.22. The van der Waals surface area contributed by atoms with Crippen molar-refractivity contribution in [3.8, 4) is 11.5 Å². The summed E-state index contributed by atoms with van der Waals surface area (Å²) in [5.41, 5.74) is -1.04. The lowest BCUT2D eigenvalue weighted by Gasteiger charge is -2.33. The lowest BCUT2D eigenvalue weighted by atomic mass is 9.79. The molecular weight excluding hydrogens is 280 g/mol. The maximum atomic E-state index is 11.8. The van der Waals surface area contributed by atoms with E-state index in [9.17, 15) is 35.1 Å². The topological polar surface area (TPSA) is 135 Å². The number of hydrogen-bond acceptors (Lipinski definition) is 7. The minimum atomic E-state index is -1.67. The van der Waals surface area contributed by atoms with Crippen LogP contribution in [0.3, 0.4) is 0 Å². The zero-order valence-electron chi connectivity index (χ0n) is 10.6. The molecule has 0 bridgehead atoms. The van der Waals surface area contributed by atoms with E-state index in [0.29, 0.717) is 0 Å². The van der Waals surface area contributed by atoms with Crippen molar-refractivity contribution in [2.75, 3.05) is 0 Å². The molecule has 0 fully saturated rings. The highest BCUT2D eigenvalue weighted by Gasteiger charge is 2.41. The fourth-order valence-corrected chi connectivity index (χ4v) is 2.83. The van der Waals surface area contributed by atoms with Crippen LogP contribution in [0.4, 0.5) is 0 Å². The first-order valence-electron chi connectivity index (χ1n) is 6.26. The van der Waals surface area contributed by atoms with E-state index < -0.39 is 46.9 Å². The summed E-state index contributed by atoms with van der Waals surface area (Å²) in [4.78, 5) is 23.7. The summed E-state index contributed by atoms with van der Waals surface area (Å²) in [5, 5.41) is 49.7. The van der Waals surface area contributed by atoms with Gasteiger partial charge in [0.1, 0.15) is 23.7 Å². The second kappa shape index (κ2) is 4.39. The number of allylic oxidation sites excluding steroid dienone is 2. The summed E-state index contributed by atoms with van der Waals surface area (Å²) in [6.45, 7) is 0. The number of phenols is 2. The molecule has 110 valence electrons. The highest BCUT2D eigenvalue weighted by atomic mass is 16.4. The van der Waals surface area contributed by atoms with Crippen LogP contribution >= 0.6 is 0 Å². The van der Waals surface area contributed by atoms with Crippen molar-refractivity contribution < 1.29 is 35.1 Å². The number of aromatic hydroxyl groups is 2. The molecule has 1 aromatic rings. The van der Waals surface area contributed by atoms with Crippen LogP contribution in [0, 0.1) is 0 Å². The molecule has 0 spiro atoms. The van der Waals surface area contributed by atoms with Crippen molar-refractivity contribution in [1.29, 1.82) is 0 Å². The third-order valence-corrected chi connectivity index (χ3v) is 3.90. The van der Waals surface area contributed by atoms with E-state index in [2.05, 4.69) is 0 Å².